The lowest BCUT2D eigenvalue weighted by Crippen LogP contribution is -2.46. The summed E-state index contributed by atoms with van der Waals surface area (Å²) in [5.41, 5.74) is 0.888. The van der Waals surface area contributed by atoms with Crippen molar-refractivity contribution < 1.29 is 14.3 Å². The van der Waals surface area contributed by atoms with Crippen molar-refractivity contribution in [3.05, 3.63) is 16.3 Å². The van der Waals surface area contributed by atoms with E-state index in [0.717, 1.165) is 34.7 Å². The molecule has 2 atom stereocenters. The molecule has 0 aliphatic carbocycles. The van der Waals surface area contributed by atoms with Gasteiger partial charge < -0.3 is 14.4 Å². The fraction of sp³-hybridized carbons (Fsp3) is 0.562. The lowest BCUT2D eigenvalue weighted by Gasteiger charge is -2.36. The topological polar surface area (TPSA) is 64.5 Å². The molecule has 2 aromatic rings. The lowest BCUT2D eigenvalue weighted by atomic mass is 10.1. The van der Waals surface area contributed by atoms with Gasteiger partial charge >= 0.3 is 5.97 Å². The van der Waals surface area contributed by atoms with Gasteiger partial charge in [0.25, 0.3) is 0 Å². The van der Waals surface area contributed by atoms with Crippen molar-refractivity contribution in [2.45, 2.75) is 39.9 Å². The Morgan fingerprint density at radius 2 is 1.91 bits per heavy atom. The summed E-state index contributed by atoms with van der Waals surface area (Å²) in [6, 6.07) is 0. The van der Waals surface area contributed by atoms with E-state index in [1.807, 2.05) is 13.8 Å². The molecule has 0 aromatic carbocycles. The lowest BCUT2D eigenvalue weighted by molar-refractivity contribution is -0.00538. The van der Waals surface area contributed by atoms with Gasteiger partial charge in [-0.05, 0) is 33.3 Å². The van der Waals surface area contributed by atoms with Crippen LogP contribution in [0.3, 0.4) is 0 Å². The summed E-state index contributed by atoms with van der Waals surface area (Å²) >= 11 is 1.37. The van der Waals surface area contributed by atoms with Gasteiger partial charge in [0.1, 0.15) is 21.3 Å². The Morgan fingerprint density at radius 3 is 2.52 bits per heavy atom. The van der Waals surface area contributed by atoms with Crippen LogP contribution in [-0.2, 0) is 9.47 Å². The van der Waals surface area contributed by atoms with E-state index in [9.17, 15) is 4.79 Å². The number of aromatic nitrogens is 2. The Morgan fingerprint density at radius 1 is 1.26 bits per heavy atom. The summed E-state index contributed by atoms with van der Waals surface area (Å²) < 4.78 is 10.7. The zero-order valence-corrected chi connectivity index (χ0v) is 14.9. The van der Waals surface area contributed by atoms with Crippen molar-refractivity contribution >= 4 is 33.3 Å². The third-order valence-electron chi connectivity index (χ3n) is 3.97. The van der Waals surface area contributed by atoms with E-state index < -0.39 is 0 Å². The summed E-state index contributed by atoms with van der Waals surface area (Å²) in [5, 5.41) is 0.947. The molecule has 1 fully saturated rings. The predicted octanol–water partition coefficient (Wildman–Crippen LogP) is 2.71. The molecule has 6 nitrogen and oxygen atoms in total. The highest BCUT2D eigenvalue weighted by Gasteiger charge is 2.28. The number of aryl methyl sites for hydroxylation is 2. The molecule has 3 rings (SSSR count). The standard InChI is InChI=1S/C16H21N3O3S/c1-8-6-19(7-9(2)22-8)14-12-10(3)13(16(20)21-5)23-15(12)18-11(4)17-14/h8-9H,6-7H2,1-5H3/t8-,9-/m0/s1. The molecular weight excluding hydrogens is 314 g/mol. The molecule has 0 spiro atoms. The number of anilines is 1. The van der Waals surface area contributed by atoms with E-state index in [1.165, 1.54) is 18.4 Å². The van der Waals surface area contributed by atoms with Gasteiger partial charge in [-0.3, -0.25) is 0 Å². The number of hydrogen-bond acceptors (Lipinski definition) is 7. The minimum Gasteiger partial charge on any atom is -0.465 e. The normalized spacial score (nSPS) is 21.7. The van der Waals surface area contributed by atoms with Crippen LogP contribution >= 0.6 is 11.3 Å². The first-order valence-corrected chi connectivity index (χ1v) is 8.48. The molecule has 1 aliphatic heterocycles. The Bertz CT molecular complexity index is 749. The number of nitrogens with zero attached hydrogens (tertiary/aromatic N) is 3. The molecule has 0 radical (unpaired) electrons. The quantitative estimate of drug-likeness (QED) is 0.786. The van der Waals surface area contributed by atoms with Crippen molar-refractivity contribution in [1.29, 1.82) is 0 Å². The molecular formula is C16H21N3O3S. The maximum Gasteiger partial charge on any atom is 0.348 e. The maximum absolute atomic E-state index is 12.0. The van der Waals surface area contributed by atoms with E-state index in [4.69, 9.17) is 9.47 Å². The molecule has 0 unspecified atom stereocenters. The van der Waals surface area contributed by atoms with Crippen LogP contribution in [0.15, 0.2) is 0 Å². The number of carbonyl (C=O) groups excluding carboxylic acids is 1. The van der Waals surface area contributed by atoms with Gasteiger partial charge in [0, 0.05) is 13.1 Å². The van der Waals surface area contributed by atoms with Gasteiger partial charge in [-0.15, -0.1) is 11.3 Å². The fourth-order valence-electron chi connectivity index (χ4n) is 3.09. The average molecular weight is 335 g/mol. The summed E-state index contributed by atoms with van der Waals surface area (Å²) in [5.74, 6) is 1.27. The first kappa shape index (κ1) is 16.1. The molecule has 0 saturated carbocycles. The molecule has 0 bridgehead atoms. The van der Waals surface area contributed by atoms with Crippen LogP contribution in [0, 0.1) is 13.8 Å². The van der Waals surface area contributed by atoms with Gasteiger partial charge in [-0.25, -0.2) is 14.8 Å². The van der Waals surface area contributed by atoms with E-state index in [0.29, 0.717) is 10.7 Å². The molecule has 1 saturated heterocycles. The SMILES string of the molecule is COC(=O)c1sc2nc(C)nc(N3C[C@H](C)O[C@@H](C)C3)c2c1C. The number of thiophene rings is 1. The third kappa shape index (κ3) is 2.90. The Kier molecular flexibility index (Phi) is 4.25. The van der Waals surface area contributed by atoms with Crippen LogP contribution in [0.1, 0.15) is 34.9 Å². The third-order valence-corrected chi connectivity index (χ3v) is 5.14. The van der Waals surface area contributed by atoms with Crippen molar-refractivity contribution in [2.75, 3.05) is 25.1 Å². The largest absolute Gasteiger partial charge is 0.465 e. The van der Waals surface area contributed by atoms with E-state index in [1.54, 1.807) is 0 Å². The van der Waals surface area contributed by atoms with Crippen molar-refractivity contribution in [3.63, 3.8) is 0 Å². The maximum atomic E-state index is 12.0. The molecule has 7 heteroatoms. The monoisotopic (exact) mass is 335 g/mol. The Balaban J connectivity index is 2.16. The molecule has 2 aromatic heterocycles. The number of ether oxygens (including phenoxy) is 2. The minimum atomic E-state index is -0.321. The van der Waals surface area contributed by atoms with Crippen LogP contribution < -0.4 is 4.90 Å². The Labute approximate surface area is 139 Å². The molecule has 124 valence electrons. The highest BCUT2D eigenvalue weighted by Crippen LogP contribution is 2.36. The number of fused-ring (bicyclic) bond motifs is 1. The number of hydrogen-bond donors (Lipinski definition) is 0. The molecule has 0 amide bonds. The molecule has 23 heavy (non-hydrogen) atoms. The minimum absolute atomic E-state index is 0.142. The van der Waals surface area contributed by atoms with Crippen LogP contribution in [0.4, 0.5) is 5.82 Å². The van der Waals surface area contributed by atoms with Gasteiger partial charge in [0.05, 0.1) is 24.7 Å². The highest BCUT2D eigenvalue weighted by atomic mass is 32.1. The van der Waals surface area contributed by atoms with Gasteiger partial charge in [0.15, 0.2) is 0 Å². The van der Waals surface area contributed by atoms with Crippen LogP contribution in [0.5, 0.6) is 0 Å². The van der Waals surface area contributed by atoms with Crippen LogP contribution in [-0.4, -0.2) is 48.3 Å². The first-order chi connectivity index (χ1) is 10.9. The van der Waals surface area contributed by atoms with Crippen molar-refractivity contribution in [1.82, 2.24) is 9.97 Å². The molecule has 0 N–H and O–H groups in total. The average Bonchev–Trinajstić information content (AvgIpc) is 2.81. The van der Waals surface area contributed by atoms with Crippen LogP contribution in [0.2, 0.25) is 0 Å². The highest BCUT2D eigenvalue weighted by molar-refractivity contribution is 7.20. The molecule has 1 aliphatic rings. The zero-order chi connectivity index (χ0) is 16.7. The number of carbonyl (C=O) groups is 1. The van der Waals surface area contributed by atoms with Gasteiger partial charge in [-0.1, -0.05) is 0 Å². The van der Waals surface area contributed by atoms with Gasteiger partial charge in [-0.2, -0.15) is 0 Å². The smallest absolute Gasteiger partial charge is 0.348 e. The number of morpholine rings is 1. The summed E-state index contributed by atoms with van der Waals surface area (Å²) in [7, 11) is 1.40. The van der Waals surface area contributed by atoms with E-state index in [-0.39, 0.29) is 18.2 Å². The second kappa shape index (κ2) is 6.05. The summed E-state index contributed by atoms with van der Waals surface area (Å²) in [6.07, 6.45) is 0.284. The van der Waals surface area contributed by atoms with E-state index in [2.05, 4.69) is 28.7 Å². The summed E-state index contributed by atoms with van der Waals surface area (Å²) in [6.45, 7) is 9.49. The second-order valence-corrected chi connectivity index (χ2v) is 6.98. The zero-order valence-electron chi connectivity index (χ0n) is 14.0. The van der Waals surface area contributed by atoms with Crippen molar-refractivity contribution in [2.24, 2.45) is 0 Å². The number of rotatable bonds is 2. The Hall–Kier alpha value is -1.73. The predicted molar refractivity (Wildman–Crippen MR) is 90.5 cm³/mol. The van der Waals surface area contributed by atoms with E-state index >= 15 is 0 Å². The van der Waals surface area contributed by atoms with Crippen LogP contribution in [0.25, 0.3) is 10.2 Å². The second-order valence-electron chi connectivity index (χ2n) is 5.98. The van der Waals surface area contributed by atoms with Crippen molar-refractivity contribution in [3.8, 4) is 0 Å². The molecule has 3 heterocycles. The summed E-state index contributed by atoms with van der Waals surface area (Å²) in [4.78, 5) is 24.8. The number of esters is 1. The van der Waals surface area contributed by atoms with Gasteiger partial charge in [0.2, 0.25) is 0 Å². The fourth-order valence-corrected chi connectivity index (χ4v) is 4.23. The first-order valence-electron chi connectivity index (χ1n) is 7.67. The number of methoxy groups -OCH3 is 1.